The number of H-pyrrole nitrogens is 1. The number of fused-ring (bicyclic) bond motifs is 1. The van der Waals surface area contributed by atoms with Crippen LogP contribution in [0.1, 0.15) is 43.7 Å². The minimum Gasteiger partial charge on any atom is -0.307 e. The van der Waals surface area contributed by atoms with E-state index in [-0.39, 0.29) is 17.5 Å². The number of amides is 1. The van der Waals surface area contributed by atoms with Crippen molar-refractivity contribution in [3.05, 3.63) is 74.8 Å². The summed E-state index contributed by atoms with van der Waals surface area (Å²) in [5.41, 5.74) is 0.155. The molecule has 0 fully saturated rings. The zero-order valence-electron chi connectivity index (χ0n) is 18.2. The molecule has 3 aromatic heterocycles. The zero-order chi connectivity index (χ0) is 23.0. The SMILES string of the molecule is CCn1c(=O)[nH]c2cc(C(=O)Nc3cc(C(C)(C)C)nn3-c3ncccn3)ccc2c1=O. The van der Waals surface area contributed by atoms with E-state index in [1.165, 1.54) is 16.8 Å². The molecule has 0 unspecified atom stereocenters. The molecule has 0 aliphatic heterocycles. The predicted molar refractivity (Wildman–Crippen MR) is 120 cm³/mol. The molecule has 0 atom stereocenters. The quantitative estimate of drug-likeness (QED) is 0.508. The second-order valence-electron chi connectivity index (χ2n) is 8.32. The maximum absolute atomic E-state index is 13.0. The van der Waals surface area contributed by atoms with E-state index in [1.807, 2.05) is 20.8 Å². The molecule has 32 heavy (non-hydrogen) atoms. The largest absolute Gasteiger partial charge is 0.328 e. The Hall–Kier alpha value is -4.08. The fraction of sp³-hybridized carbons (Fsp3) is 0.273. The Kier molecular flexibility index (Phi) is 5.21. The fourth-order valence-corrected chi connectivity index (χ4v) is 3.26. The Bertz CT molecular complexity index is 1430. The van der Waals surface area contributed by atoms with Gasteiger partial charge in [-0.3, -0.25) is 14.2 Å². The van der Waals surface area contributed by atoms with Crippen LogP contribution < -0.4 is 16.6 Å². The number of aromatic nitrogens is 6. The van der Waals surface area contributed by atoms with Gasteiger partial charge in [-0.15, -0.1) is 0 Å². The van der Waals surface area contributed by atoms with Gasteiger partial charge in [-0.05, 0) is 31.2 Å². The van der Waals surface area contributed by atoms with Crippen LogP contribution in [0.3, 0.4) is 0 Å². The lowest BCUT2D eigenvalue weighted by atomic mass is 9.92. The Labute approximate surface area is 183 Å². The van der Waals surface area contributed by atoms with E-state index in [1.54, 1.807) is 37.5 Å². The molecule has 0 saturated heterocycles. The highest BCUT2D eigenvalue weighted by atomic mass is 16.2. The van der Waals surface area contributed by atoms with Crippen molar-refractivity contribution in [1.82, 2.24) is 29.3 Å². The topological polar surface area (TPSA) is 128 Å². The number of nitrogens with one attached hydrogen (secondary N) is 2. The van der Waals surface area contributed by atoms with Crippen LogP contribution in [0.5, 0.6) is 0 Å². The van der Waals surface area contributed by atoms with E-state index in [0.29, 0.717) is 22.7 Å². The summed E-state index contributed by atoms with van der Waals surface area (Å²) in [5.74, 6) is 0.298. The molecule has 0 aliphatic carbocycles. The first-order valence-corrected chi connectivity index (χ1v) is 10.1. The molecule has 1 aromatic carbocycles. The van der Waals surface area contributed by atoms with E-state index in [9.17, 15) is 14.4 Å². The molecule has 0 aliphatic rings. The second kappa shape index (κ2) is 7.88. The lowest BCUT2D eigenvalue weighted by molar-refractivity contribution is 0.102. The minimum atomic E-state index is -0.517. The standard InChI is InChI=1S/C22H23N7O3/c1-5-28-19(31)14-8-7-13(11-15(14)25-21(28)32)18(30)26-17-12-16(22(2,3)4)27-29(17)20-23-9-6-10-24-20/h6-12H,5H2,1-4H3,(H,25,32)(H,26,30). The molecule has 0 spiro atoms. The Morgan fingerprint density at radius 2 is 1.84 bits per heavy atom. The molecular weight excluding hydrogens is 410 g/mol. The van der Waals surface area contributed by atoms with Crippen LogP contribution >= 0.6 is 0 Å². The molecule has 3 heterocycles. The van der Waals surface area contributed by atoms with Gasteiger partial charge in [-0.25, -0.2) is 14.8 Å². The van der Waals surface area contributed by atoms with Gasteiger partial charge in [0, 0.05) is 36.0 Å². The number of anilines is 1. The summed E-state index contributed by atoms with van der Waals surface area (Å²) < 4.78 is 2.58. The van der Waals surface area contributed by atoms with E-state index in [2.05, 4.69) is 25.4 Å². The molecule has 10 heteroatoms. The predicted octanol–water partition coefficient (Wildman–Crippen LogP) is 2.24. The fourth-order valence-electron chi connectivity index (χ4n) is 3.26. The number of nitrogens with zero attached hydrogens (tertiary/aromatic N) is 5. The van der Waals surface area contributed by atoms with Crippen LogP contribution in [0.4, 0.5) is 5.82 Å². The number of hydrogen-bond acceptors (Lipinski definition) is 6. The lowest BCUT2D eigenvalue weighted by Crippen LogP contribution is -2.34. The van der Waals surface area contributed by atoms with Crippen molar-refractivity contribution in [2.24, 2.45) is 0 Å². The van der Waals surface area contributed by atoms with E-state index in [4.69, 9.17) is 0 Å². The number of hydrogen-bond donors (Lipinski definition) is 2. The Morgan fingerprint density at radius 1 is 1.12 bits per heavy atom. The summed E-state index contributed by atoms with van der Waals surface area (Å²) in [6.07, 6.45) is 3.18. The molecule has 0 bridgehead atoms. The molecule has 10 nitrogen and oxygen atoms in total. The first-order chi connectivity index (χ1) is 15.2. The molecule has 0 saturated carbocycles. The number of carbonyl (C=O) groups excluding carboxylic acids is 1. The van der Waals surface area contributed by atoms with Crippen molar-refractivity contribution in [2.45, 2.75) is 39.7 Å². The summed E-state index contributed by atoms with van der Waals surface area (Å²) in [4.78, 5) is 48.7. The van der Waals surface area contributed by atoms with Crippen LogP contribution in [0.25, 0.3) is 16.9 Å². The summed E-state index contributed by atoms with van der Waals surface area (Å²) in [7, 11) is 0. The van der Waals surface area contributed by atoms with Crippen molar-refractivity contribution >= 4 is 22.6 Å². The highest BCUT2D eigenvalue weighted by molar-refractivity contribution is 6.05. The van der Waals surface area contributed by atoms with Gasteiger partial charge in [-0.2, -0.15) is 9.78 Å². The normalized spacial score (nSPS) is 11.6. The van der Waals surface area contributed by atoms with E-state index in [0.717, 1.165) is 10.3 Å². The molecule has 4 rings (SSSR count). The Morgan fingerprint density at radius 3 is 2.50 bits per heavy atom. The highest BCUT2D eigenvalue weighted by Crippen LogP contribution is 2.25. The van der Waals surface area contributed by atoms with E-state index >= 15 is 0 Å². The van der Waals surface area contributed by atoms with Crippen LogP contribution in [-0.2, 0) is 12.0 Å². The minimum absolute atomic E-state index is 0.258. The molecule has 164 valence electrons. The summed E-state index contributed by atoms with van der Waals surface area (Å²) in [5, 5.41) is 7.75. The average Bonchev–Trinajstić information content (AvgIpc) is 3.18. The number of aromatic amines is 1. The summed E-state index contributed by atoms with van der Waals surface area (Å²) in [6, 6.07) is 8.03. The monoisotopic (exact) mass is 433 g/mol. The molecular formula is C22H23N7O3. The van der Waals surface area contributed by atoms with Crippen molar-refractivity contribution < 1.29 is 4.79 Å². The number of carbonyl (C=O) groups is 1. The summed E-state index contributed by atoms with van der Waals surface area (Å²) in [6.45, 7) is 8.02. The van der Waals surface area contributed by atoms with Gasteiger partial charge >= 0.3 is 5.69 Å². The summed E-state index contributed by atoms with van der Waals surface area (Å²) >= 11 is 0. The van der Waals surface area contributed by atoms with Crippen molar-refractivity contribution in [2.75, 3.05) is 5.32 Å². The van der Waals surface area contributed by atoms with Crippen molar-refractivity contribution in [1.29, 1.82) is 0 Å². The first-order valence-electron chi connectivity index (χ1n) is 10.1. The highest BCUT2D eigenvalue weighted by Gasteiger charge is 2.23. The lowest BCUT2D eigenvalue weighted by Gasteiger charge is -2.13. The van der Waals surface area contributed by atoms with Crippen LogP contribution in [0.15, 0.2) is 52.3 Å². The smallest absolute Gasteiger partial charge is 0.307 e. The molecule has 1 amide bonds. The first kappa shape index (κ1) is 21.2. The third kappa shape index (κ3) is 3.82. The van der Waals surface area contributed by atoms with Crippen LogP contribution in [0, 0.1) is 0 Å². The van der Waals surface area contributed by atoms with E-state index < -0.39 is 17.2 Å². The van der Waals surface area contributed by atoms with Gasteiger partial charge in [-0.1, -0.05) is 20.8 Å². The third-order valence-corrected chi connectivity index (χ3v) is 5.02. The maximum atomic E-state index is 13.0. The molecule has 0 radical (unpaired) electrons. The maximum Gasteiger partial charge on any atom is 0.328 e. The van der Waals surface area contributed by atoms with Gasteiger partial charge in [0.2, 0.25) is 0 Å². The van der Waals surface area contributed by atoms with Gasteiger partial charge in [0.15, 0.2) is 0 Å². The third-order valence-electron chi connectivity index (χ3n) is 5.02. The second-order valence-corrected chi connectivity index (χ2v) is 8.32. The van der Waals surface area contributed by atoms with Crippen molar-refractivity contribution in [3.63, 3.8) is 0 Å². The van der Waals surface area contributed by atoms with Crippen LogP contribution in [-0.4, -0.2) is 35.2 Å². The molecule has 2 N–H and O–H groups in total. The number of rotatable bonds is 4. The average molecular weight is 433 g/mol. The Balaban J connectivity index is 1.74. The van der Waals surface area contributed by atoms with Gasteiger partial charge in [0.1, 0.15) is 5.82 Å². The molecule has 4 aromatic rings. The van der Waals surface area contributed by atoms with Crippen LogP contribution in [0.2, 0.25) is 0 Å². The van der Waals surface area contributed by atoms with Gasteiger partial charge in [0.25, 0.3) is 17.4 Å². The number of benzene rings is 1. The van der Waals surface area contributed by atoms with Crippen molar-refractivity contribution in [3.8, 4) is 5.95 Å². The van der Waals surface area contributed by atoms with Gasteiger partial charge < -0.3 is 10.3 Å². The zero-order valence-corrected chi connectivity index (χ0v) is 18.2. The van der Waals surface area contributed by atoms with Gasteiger partial charge in [0.05, 0.1) is 16.6 Å².